The van der Waals surface area contributed by atoms with Gasteiger partial charge in [0.15, 0.2) is 18.9 Å². The van der Waals surface area contributed by atoms with Crippen LogP contribution in [0.4, 0.5) is 0 Å². The van der Waals surface area contributed by atoms with Crippen LogP contribution >= 0.6 is 0 Å². The lowest BCUT2D eigenvalue weighted by Crippen LogP contribution is -2.62. The molecule has 13 nitrogen and oxygen atoms in total. The van der Waals surface area contributed by atoms with Gasteiger partial charge in [0, 0.05) is 30.8 Å². The second kappa shape index (κ2) is 14.9. The van der Waals surface area contributed by atoms with Gasteiger partial charge in [0.1, 0.15) is 24.9 Å². The molecule has 0 amide bonds. The van der Waals surface area contributed by atoms with Gasteiger partial charge in [-0.15, -0.1) is 0 Å². The molecular weight excluding hydrogens is 700 g/mol. The van der Waals surface area contributed by atoms with Gasteiger partial charge in [-0.1, -0.05) is 13.8 Å². The van der Waals surface area contributed by atoms with Crippen molar-refractivity contribution in [3.05, 3.63) is 11.6 Å². The van der Waals surface area contributed by atoms with Gasteiger partial charge in [-0.05, 0) is 113 Å². The Labute approximate surface area is 319 Å². The molecule has 0 radical (unpaired) electrons. The van der Waals surface area contributed by atoms with Crippen LogP contribution in [0, 0.1) is 34.5 Å². The first kappa shape index (κ1) is 39.6. The fraction of sp³-hybridized carbons (Fsp3) is 0.927. The standard InChI is InChI=1S/C41H64O13/c1-20-36(46)29(42)16-34(49-20)53-38-22(3)51-35(18-31(38)44)54-37-21(2)50-33(17-30(37)43)52-25-8-11-39(4)24(15-25)6-7-28-27(39)9-12-40(5)26(10-13-41(28,40)47)23-14-32(45)48-19-23/h14,20-22,24-31,33-38,42-44,46-47H,6-13,15-19H2,1-5H3/t20-,21-,22-,24-,25+,26-,27+,28-,29+,30+,31+,33-,34+,35+,36-,37-,38-,39+,40-,41+/m1/s1. The summed E-state index contributed by atoms with van der Waals surface area (Å²) in [6.07, 6.45) is 1.90. The number of carbonyl (C=O) groups is 1. The van der Waals surface area contributed by atoms with Crippen LogP contribution < -0.4 is 0 Å². The van der Waals surface area contributed by atoms with E-state index in [-0.39, 0.29) is 54.0 Å². The predicted molar refractivity (Wildman–Crippen MR) is 191 cm³/mol. The molecular formula is C41H64O13. The van der Waals surface area contributed by atoms with Crippen LogP contribution in [0.1, 0.15) is 112 Å². The van der Waals surface area contributed by atoms with E-state index in [1.165, 1.54) is 0 Å². The summed E-state index contributed by atoms with van der Waals surface area (Å²) in [7, 11) is 0. The Hall–Kier alpha value is -1.23. The zero-order valence-corrected chi connectivity index (χ0v) is 32.6. The van der Waals surface area contributed by atoms with Crippen molar-refractivity contribution >= 4 is 5.97 Å². The number of rotatable bonds is 7. The maximum atomic E-state index is 12.6. The topological polar surface area (TPSA) is 183 Å². The van der Waals surface area contributed by atoms with E-state index in [1.54, 1.807) is 19.9 Å². The zero-order chi connectivity index (χ0) is 38.3. The lowest BCUT2D eigenvalue weighted by molar-refractivity contribution is -0.336. The summed E-state index contributed by atoms with van der Waals surface area (Å²) in [5.41, 5.74) is 0.215. The molecule has 3 saturated heterocycles. The molecule has 8 rings (SSSR count). The molecule has 54 heavy (non-hydrogen) atoms. The van der Waals surface area contributed by atoms with E-state index < -0.39 is 79.4 Å². The minimum Gasteiger partial charge on any atom is -0.458 e. The minimum atomic E-state index is -0.996. The highest BCUT2D eigenvalue weighted by molar-refractivity contribution is 5.85. The molecule has 0 aromatic rings. The van der Waals surface area contributed by atoms with Crippen molar-refractivity contribution in [2.75, 3.05) is 6.61 Å². The summed E-state index contributed by atoms with van der Waals surface area (Å²) in [4.78, 5) is 11.9. The fourth-order valence-electron chi connectivity index (χ4n) is 12.8. The number of carbonyl (C=O) groups excluding carboxylic acids is 1. The second-order valence-corrected chi connectivity index (χ2v) is 18.7. The van der Waals surface area contributed by atoms with Crippen LogP contribution in [0.2, 0.25) is 0 Å². The van der Waals surface area contributed by atoms with E-state index in [4.69, 9.17) is 33.2 Å². The number of hydrogen-bond acceptors (Lipinski definition) is 13. The van der Waals surface area contributed by atoms with Crippen molar-refractivity contribution in [1.82, 2.24) is 0 Å². The van der Waals surface area contributed by atoms with E-state index in [1.807, 2.05) is 6.92 Å². The number of cyclic esters (lactones) is 1. The monoisotopic (exact) mass is 764 g/mol. The Kier molecular flexibility index (Phi) is 10.9. The average Bonchev–Trinajstić information content (AvgIpc) is 3.66. The third-order valence-corrected chi connectivity index (χ3v) is 15.9. The van der Waals surface area contributed by atoms with Gasteiger partial charge >= 0.3 is 5.97 Å². The molecule has 20 atom stereocenters. The predicted octanol–water partition coefficient (Wildman–Crippen LogP) is 3.25. The van der Waals surface area contributed by atoms with Gasteiger partial charge in [-0.2, -0.15) is 0 Å². The summed E-state index contributed by atoms with van der Waals surface area (Å²) in [6.45, 7) is 10.4. The number of aliphatic hydroxyl groups excluding tert-OH is 4. The normalized spacial score (nSPS) is 55.0. The van der Waals surface area contributed by atoms with Crippen molar-refractivity contribution in [2.45, 2.75) is 197 Å². The first-order chi connectivity index (χ1) is 25.6. The molecule has 4 heterocycles. The van der Waals surface area contributed by atoms with E-state index in [0.717, 1.165) is 63.4 Å². The van der Waals surface area contributed by atoms with Crippen LogP contribution in [0.15, 0.2) is 11.6 Å². The Morgan fingerprint density at radius 3 is 1.89 bits per heavy atom. The molecule has 4 aliphatic carbocycles. The number of ether oxygens (including phenoxy) is 7. The molecule has 4 aliphatic heterocycles. The molecule has 306 valence electrons. The molecule has 13 heteroatoms. The highest BCUT2D eigenvalue weighted by atomic mass is 16.7. The van der Waals surface area contributed by atoms with Crippen molar-refractivity contribution in [3.63, 3.8) is 0 Å². The summed E-state index contributed by atoms with van der Waals surface area (Å²) >= 11 is 0. The van der Waals surface area contributed by atoms with Gasteiger partial charge in [0.05, 0.1) is 48.3 Å². The summed E-state index contributed by atoms with van der Waals surface area (Å²) in [5.74, 6) is 1.13. The van der Waals surface area contributed by atoms with Crippen molar-refractivity contribution in [2.24, 2.45) is 34.5 Å². The highest BCUT2D eigenvalue weighted by Crippen LogP contribution is 2.70. The van der Waals surface area contributed by atoms with Gasteiger partial charge in [-0.25, -0.2) is 4.79 Å². The molecule has 0 aromatic carbocycles. The number of hydrogen-bond donors (Lipinski definition) is 5. The third-order valence-electron chi connectivity index (χ3n) is 15.9. The quantitative estimate of drug-likeness (QED) is 0.188. The maximum absolute atomic E-state index is 12.6. The lowest BCUT2D eigenvalue weighted by Gasteiger charge is -2.64. The second-order valence-electron chi connectivity index (χ2n) is 18.7. The van der Waals surface area contributed by atoms with Crippen molar-refractivity contribution in [3.8, 4) is 0 Å². The highest BCUT2D eigenvalue weighted by Gasteiger charge is 2.68. The SMILES string of the molecule is C[C@H]1O[C@@H](O[C@H]2[C@@H](O)C[C@H](O[C@H]3[C@@H](O)C[C@@H](O[C@H]4CC[C@@]5(C)[C@H](CC[C@@H]6[C@@H]5CC[C@]5(C)[C@@H](C7=CC(=O)OC7)CC[C@]65O)C4)O[C@@H]3C)O[C@@H]2C)C[C@H](O)[C@@H]1O. The van der Waals surface area contributed by atoms with Gasteiger partial charge < -0.3 is 58.7 Å². The largest absolute Gasteiger partial charge is 0.458 e. The molecule has 0 aromatic heterocycles. The molecule has 0 bridgehead atoms. The van der Waals surface area contributed by atoms with Gasteiger partial charge in [0.2, 0.25) is 0 Å². The number of aliphatic hydroxyl groups is 5. The Morgan fingerprint density at radius 2 is 1.30 bits per heavy atom. The Balaban J connectivity index is 0.826. The Bertz CT molecular complexity index is 1370. The molecule has 0 spiro atoms. The van der Waals surface area contributed by atoms with E-state index in [2.05, 4.69) is 13.8 Å². The summed E-state index contributed by atoms with van der Waals surface area (Å²) < 4.78 is 42.2. The van der Waals surface area contributed by atoms with Crippen LogP contribution in [-0.4, -0.2) is 124 Å². The molecule has 7 fully saturated rings. The third kappa shape index (κ3) is 6.82. The van der Waals surface area contributed by atoms with Gasteiger partial charge in [-0.3, -0.25) is 0 Å². The molecule has 4 saturated carbocycles. The van der Waals surface area contributed by atoms with E-state index in [0.29, 0.717) is 18.4 Å². The fourth-order valence-corrected chi connectivity index (χ4v) is 12.8. The first-order valence-electron chi connectivity index (χ1n) is 20.8. The van der Waals surface area contributed by atoms with Crippen molar-refractivity contribution < 1.29 is 63.5 Å². The first-order valence-corrected chi connectivity index (χ1v) is 20.8. The van der Waals surface area contributed by atoms with E-state index in [9.17, 15) is 30.3 Å². The molecule has 8 aliphatic rings. The minimum absolute atomic E-state index is 0.0243. The van der Waals surface area contributed by atoms with Crippen molar-refractivity contribution in [1.29, 1.82) is 0 Å². The molecule has 0 unspecified atom stereocenters. The summed E-state index contributed by atoms with van der Waals surface area (Å²) in [5, 5.41) is 55.0. The Morgan fingerprint density at radius 1 is 0.685 bits per heavy atom. The van der Waals surface area contributed by atoms with Crippen LogP contribution in [0.3, 0.4) is 0 Å². The van der Waals surface area contributed by atoms with Crippen LogP contribution in [-0.2, 0) is 38.0 Å². The van der Waals surface area contributed by atoms with Crippen LogP contribution in [0.25, 0.3) is 0 Å². The van der Waals surface area contributed by atoms with Gasteiger partial charge in [0.25, 0.3) is 0 Å². The average molecular weight is 765 g/mol. The summed E-state index contributed by atoms with van der Waals surface area (Å²) in [6, 6.07) is 0. The lowest BCUT2D eigenvalue weighted by atomic mass is 9.43. The smallest absolute Gasteiger partial charge is 0.331 e. The maximum Gasteiger partial charge on any atom is 0.331 e. The van der Waals surface area contributed by atoms with E-state index >= 15 is 0 Å². The number of esters is 1. The van der Waals surface area contributed by atoms with Crippen LogP contribution in [0.5, 0.6) is 0 Å². The zero-order valence-electron chi connectivity index (χ0n) is 32.6. The number of fused-ring (bicyclic) bond motifs is 5. The molecule has 5 N–H and O–H groups in total.